The number of para-hydroxylation sites is 1. The molecule has 0 saturated carbocycles. The first-order valence-corrected chi connectivity index (χ1v) is 9.39. The molecule has 1 aromatic heterocycles. The van der Waals surface area contributed by atoms with Crippen LogP contribution in [0.15, 0.2) is 91.0 Å². The van der Waals surface area contributed by atoms with Crippen molar-refractivity contribution in [1.29, 1.82) is 0 Å². The minimum atomic E-state index is 0.855. The Morgan fingerprint density at radius 1 is 0.667 bits per heavy atom. The fraction of sp³-hybridized carbons (Fsp3) is 0.0800. The Labute approximate surface area is 158 Å². The summed E-state index contributed by atoms with van der Waals surface area (Å²) < 4.78 is 0. The Morgan fingerprint density at radius 3 is 2.15 bits per heavy atom. The minimum Gasteiger partial charge on any atom is -0.326 e. The van der Waals surface area contributed by atoms with Gasteiger partial charge >= 0.3 is 0 Å². The number of nitrogens with zero attached hydrogens (tertiary/aromatic N) is 2. The molecule has 0 saturated heterocycles. The number of hydrogen-bond donors (Lipinski definition) is 0. The lowest BCUT2D eigenvalue weighted by Gasteiger charge is -2.25. The Balaban J connectivity index is 1.78. The van der Waals surface area contributed by atoms with Crippen LogP contribution in [-0.4, -0.2) is 11.5 Å². The Bertz CT molecular complexity index is 1270. The van der Waals surface area contributed by atoms with E-state index in [0.29, 0.717) is 0 Å². The van der Waals surface area contributed by atoms with Crippen LogP contribution < -0.4 is 4.90 Å². The zero-order valence-corrected chi connectivity index (χ0v) is 15.3. The third-order valence-corrected chi connectivity index (χ3v) is 5.21. The van der Waals surface area contributed by atoms with Gasteiger partial charge in [-0.2, -0.15) is 0 Å². The predicted octanol–water partition coefficient (Wildman–Crippen LogP) is 6.70. The van der Waals surface area contributed by atoms with Gasteiger partial charge in [0.2, 0.25) is 0 Å². The number of hydrogen-bond acceptors (Lipinski definition) is 2. The highest BCUT2D eigenvalue weighted by atomic mass is 15.2. The molecule has 0 fully saturated rings. The Morgan fingerprint density at radius 2 is 1.33 bits per heavy atom. The van der Waals surface area contributed by atoms with Crippen LogP contribution >= 0.6 is 0 Å². The van der Waals surface area contributed by atoms with Gasteiger partial charge in [0.15, 0.2) is 0 Å². The van der Waals surface area contributed by atoms with Crippen LogP contribution in [0.1, 0.15) is 6.92 Å². The standard InChI is InChI=1S/C25H20N2/c1-2-27(25-16-15-18-9-4-8-14-23(18)26-25)24-17-19-10-3-5-11-20(19)21-12-6-7-13-22(21)24/h3-17H,2H2,1H3. The molecular weight excluding hydrogens is 328 g/mol. The van der Waals surface area contributed by atoms with E-state index in [1.54, 1.807) is 0 Å². The monoisotopic (exact) mass is 348 g/mol. The highest BCUT2D eigenvalue weighted by Crippen LogP contribution is 2.37. The van der Waals surface area contributed by atoms with E-state index in [9.17, 15) is 0 Å². The molecule has 0 atom stereocenters. The number of fused-ring (bicyclic) bond motifs is 4. The first-order valence-electron chi connectivity index (χ1n) is 9.39. The topological polar surface area (TPSA) is 16.1 Å². The van der Waals surface area contributed by atoms with Gasteiger partial charge in [-0.05, 0) is 47.3 Å². The van der Waals surface area contributed by atoms with Gasteiger partial charge in [0.25, 0.3) is 0 Å². The predicted molar refractivity (Wildman–Crippen MR) is 116 cm³/mol. The molecule has 2 heteroatoms. The average Bonchev–Trinajstić information content (AvgIpc) is 2.74. The summed E-state index contributed by atoms with van der Waals surface area (Å²) in [5.41, 5.74) is 2.23. The van der Waals surface area contributed by atoms with Crippen LogP contribution in [0.25, 0.3) is 32.4 Å². The van der Waals surface area contributed by atoms with Crippen molar-refractivity contribution >= 4 is 44.0 Å². The van der Waals surface area contributed by atoms with Gasteiger partial charge in [-0.3, -0.25) is 0 Å². The van der Waals surface area contributed by atoms with Gasteiger partial charge < -0.3 is 4.90 Å². The van der Waals surface area contributed by atoms with Crippen LogP contribution in [0.3, 0.4) is 0 Å². The molecule has 2 nitrogen and oxygen atoms in total. The molecule has 4 aromatic carbocycles. The zero-order chi connectivity index (χ0) is 18.2. The number of benzene rings is 4. The van der Waals surface area contributed by atoms with E-state index in [1.807, 2.05) is 6.07 Å². The summed E-state index contributed by atoms with van der Waals surface area (Å²) in [6, 6.07) is 32.1. The van der Waals surface area contributed by atoms with E-state index >= 15 is 0 Å². The molecule has 5 rings (SSSR count). The minimum absolute atomic E-state index is 0.855. The van der Waals surface area contributed by atoms with Crippen molar-refractivity contribution in [1.82, 2.24) is 4.98 Å². The molecule has 0 amide bonds. The van der Waals surface area contributed by atoms with Gasteiger partial charge in [0, 0.05) is 17.3 Å². The van der Waals surface area contributed by atoms with Crippen molar-refractivity contribution in [3.8, 4) is 0 Å². The summed E-state index contributed by atoms with van der Waals surface area (Å²) in [6.07, 6.45) is 0. The highest BCUT2D eigenvalue weighted by Gasteiger charge is 2.14. The van der Waals surface area contributed by atoms with Gasteiger partial charge in [-0.25, -0.2) is 4.98 Å². The van der Waals surface area contributed by atoms with Crippen molar-refractivity contribution in [3.63, 3.8) is 0 Å². The first kappa shape index (κ1) is 15.8. The summed E-state index contributed by atoms with van der Waals surface area (Å²) in [6.45, 7) is 3.04. The zero-order valence-electron chi connectivity index (χ0n) is 15.3. The second-order valence-electron chi connectivity index (χ2n) is 6.77. The molecular formula is C25H20N2. The molecule has 0 unspecified atom stereocenters. The summed E-state index contributed by atoms with van der Waals surface area (Å²) in [4.78, 5) is 7.24. The second kappa shape index (κ2) is 6.40. The van der Waals surface area contributed by atoms with E-state index in [2.05, 4.69) is 96.8 Å². The lowest BCUT2D eigenvalue weighted by atomic mass is 9.99. The number of rotatable bonds is 3. The van der Waals surface area contributed by atoms with E-state index in [0.717, 1.165) is 17.9 Å². The Kier molecular flexibility index (Phi) is 3.75. The molecule has 1 heterocycles. The number of pyridine rings is 1. The largest absolute Gasteiger partial charge is 0.326 e. The Hall–Kier alpha value is -3.39. The lowest BCUT2D eigenvalue weighted by molar-refractivity contribution is 1.00. The van der Waals surface area contributed by atoms with E-state index in [4.69, 9.17) is 4.98 Å². The van der Waals surface area contributed by atoms with Gasteiger partial charge in [-0.1, -0.05) is 66.7 Å². The lowest BCUT2D eigenvalue weighted by Crippen LogP contribution is -2.17. The van der Waals surface area contributed by atoms with Crippen molar-refractivity contribution in [2.75, 3.05) is 11.4 Å². The van der Waals surface area contributed by atoms with Gasteiger partial charge in [0.05, 0.1) is 11.2 Å². The maximum Gasteiger partial charge on any atom is 0.133 e. The molecule has 130 valence electrons. The van der Waals surface area contributed by atoms with E-state index < -0.39 is 0 Å². The quantitative estimate of drug-likeness (QED) is 0.337. The molecule has 0 N–H and O–H groups in total. The van der Waals surface area contributed by atoms with E-state index in [1.165, 1.54) is 32.6 Å². The van der Waals surface area contributed by atoms with Crippen molar-refractivity contribution in [2.45, 2.75) is 6.92 Å². The first-order chi connectivity index (χ1) is 13.3. The summed E-state index contributed by atoms with van der Waals surface area (Å²) in [5.74, 6) is 0.983. The maximum atomic E-state index is 4.94. The molecule has 0 spiro atoms. The summed E-state index contributed by atoms with van der Waals surface area (Å²) in [7, 11) is 0. The fourth-order valence-electron chi connectivity index (χ4n) is 3.92. The number of aromatic nitrogens is 1. The fourth-order valence-corrected chi connectivity index (χ4v) is 3.92. The molecule has 0 bridgehead atoms. The van der Waals surface area contributed by atoms with Crippen molar-refractivity contribution in [2.24, 2.45) is 0 Å². The average molecular weight is 348 g/mol. The SMILES string of the molecule is CCN(c1ccc2ccccc2n1)c1cc2ccccc2c2ccccc12. The van der Waals surface area contributed by atoms with Crippen molar-refractivity contribution in [3.05, 3.63) is 91.0 Å². The normalized spacial score (nSPS) is 11.3. The third-order valence-electron chi connectivity index (χ3n) is 5.21. The van der Waals surface area contributed by atoms with Crippen LogP contribution in [0.2, 0.25) is 0 Å². The molecule has 5 aromatic rings. The third kappa shape index (κ3) is 2.61. The maximum absolute atomic E-state index is 4.94. The van der Waals surface area contributed by atoms with E-state index in [-0.39, 0.29) is 0 Å². The highest BCUT2D eigenvalue weighted by molar-refractivity contribution is 6.13. The van der Waals surface area contributed by atoms with Gasteiger partial charge in [-0.15, -0.1) is 0 Å². The summed E-state index contributed by atoms with van der Waals surface area (Å²) in [5, 5.41) is 6.25. The van der Waals surface area contributed by atoms with Gasteiger partial charge in [0.1, 0.15) is 5.82 Å². The molecule has 0 radical (unpaired) electrons. The molecule has 27 heavy (non-hydrogen) atoms. The van der Waals surface area contributed by atoms with Crippen molar-refractivity contribution < 1.29 is 0 Å². The van der Waals surface area contributed by atoms with Crippen LogP contribution in [0.5, 0.6) is 0 Å². The molecule has 0 aliphatic rings. The number of anilines is 2. The summed E-state index contributed by atoms with van der Waals surface area (Å²) >= 11 is 0. The smallest absolute Gasteiger partial charge is 0.133 e. The second-order valence-corrected chi connectivity index (χ2v) is 6.77. The molecule has 0 aliphatic heterocycles. The van der Waals surface area contributed by atoms with Crippen LogP contribution in [0.4, 0.5) is 11.5 Å². The van der Waals surface area contributed by atoms with Crippen LogP contribution in [0, 0.1) is 0 Å². The van der Waals surface area contributed by atoms with Crippen LogP contribution in [-0.2, 0) is 0 Å². The molecule has 0 aliphatic carbocycles.